The van der Waals surface area contributed by atoms with Crippen molar-refractivity contribution < 1.29 is 19.2 Å². The van der Waals surface area contributed by atoms with Crippen LogP contribution in [0.25, 0.3) is 0 Å². The molecule has 3 atom stereocenters. The van der Waals surface area contributed by atoms with Crippen LogP contribution in [-0.4, -0.2) is 38.0 Å². The van der Waals surface area contributed by atoms with Crippen LogP contribution < -0.4 is 4.72 Å². The summed E-state index contributed by atoms with van der Waals surface area (Å²) in [6.07, 6.45) is -0.454. The molecular weight excluding hydrogens is 348 g/mol. The first-order valence-corrected chi connectivity index (χ1v) is 10.1. The van der Waals surface area contributed by atoms with Gasteiger partial charge in [-0.05, 0) is 40.0 Å². The Labute approximate surface area is 151 Å². The van der Waals surface area contributed by atoms with Gasteiger partial charge < -0.3 is 14.4 Å². The number of rotatable bonds is 8. The van der Waals surface area contributed by atoms with Crippen molar-refractivity contribution in [2.24, 2.45) is 5.92 Å². The monoisotopic (exact) mass is 376 g/mol. The molecule has 8 heteroatoms. The van der Waals surface area contributed by atoms with Gasteiger partial charge >= 0.3 is 5.97 Å². The zero-order valence-corrected chi connectivity index (χ0v) is 16.8. The molecule has 0 fully saturated rings. The van der Waals surface area contributed by atoms with Crippen LogP contribution in [0.2, 0.25) is 0 Å². The lowest BCUT2D eigenvalue weighted by molar-refractivity contribution is 0.0519. The zero-order valence-electron chi connectivity index (χ0n) is 15.2. The number of ether oxygens (including phenoxy) is 1. The Kier molecular flexibility index (Phi) is 8.14. The number of esters is 1. The summed E-state index contributed by atoms with van der Waals surface area (Å²) in [6, 6.07) is -0.130. The Balaban J connectivity index is 2.75. The fourth-order valence-electron chi connectivity index (χ4n) is 1.85. The molecule has 1 aromatic heterocycles. The Hall–Kier alpha value is -0.670. The summed E-state index contributed by atoms with van der Waals surface area (Å²) in [5.74, 6) is -0.296. The van der Waals surface area contributed by atoms with Crippen LogP contribution in [0.1, 0.15) is 69.6 Å². The minimum atomic E-state index is -1.22. The molecule has 0 aromatic carbocycles. The molecule has 0 aliphatic rings. The third-order valence-electron chi connectivity index (χ3n) is 3.39. The van der Waals surface area contributed by atoms with Gasteiger partial charge in [-0.2, -0.15) is 0 Å². The summed E-state index contributed by atoms with van der Waals surface area (Å²) in [5, 5.41) is 12.5. The summed E-state index contributed by atoms with van der Waals surface area (Å²) in [6.45, 7) is 11.7. The highest BCUT2D eigenvalue weighted by Gasteiger charge is 2.32. The predicted octanol–water partition coefficient (Wildman–Crippen LogP) is 2.82. The molecule has 0 radical (unpaired) electrons. The highest BCUT2D eigenvalue weighted by atomic mass is 32.2. The molecule has 0 aliphatic carbocycles. The standard InChI is InChI=1S/C16H28N2O4S2/c1-7-22-15(20)12-9-23-14(17-12)13(19)8-11(10(2)3)18-24(21)16(4,5)6/h9-11,13,18-19H,7-8H2,1-6H3/t11-,13-,24-/m1/s1. The van der Waals surface area contributed by atoms with Gasteiger partial charge in [0.15, 0.2) is 5.69 Å². The second-order valence-corrected chi connectivity index (χ2v) is 9.78. The third-order valence-corrected chi connectivity index (χ3v) is 5.96. The lowest BCUT2D eigenvalue weighted by Gasteiger charge is -2.30. The summed E-state index contributed by atoms with van der Waals surface area (Å²) in [4.78, 5) is 15.8. The van der Waals surface area contributed by atoms with Crippen molar-refractivity contribution in [3.8, 4) is 0 Å². The zero-order chi connectivity index (χ0) is 18.5. The van der Waals surface area contributed by atoms with E-state index in [4.69, 9.17) is 4.74 Å². The van der Waals surface area contributed by atoms with Crippen LogP contribution in [0, 0.1) is 5.92 Å². The van der Waals surface area contributed by atoms with E-state index in [1.54, 1.807) is 12.3 Å². The molecule has 1 rings (SSSR count). The minimum Gasteiger partial charge on any atom is -0.598 e. The van der Waals surface area contributed by atoms with E-state index in [2.05, 4.69) is 9.71 Å². The average molecular weight is 377 g/mol. The highest BCUT2D eigenvalue weighted by molar-refractivity contribution is 7.90. The van der Waals surface area contributed by atoms with Crippen LogP contribution in [-0.2, 0) is 16.1 Å². The number of hydrogen-bond acceptors (Lipinski definition) is 7. The maximum absolute atomic E-state index is 12.3. The first kappa shape index (κ1) is 21.4. The van der Waals surface area contributed by atoms with E-state index in [-0.39, 0.29) is 29.0 Å². The van der Waals surface area contributed by atoms with Gasteiger partial charge in [-0.15, -0.1) is 16.1 Å². The summed E-state index contributed by atoms with van der Waals surface area (Å²) < 4.78 is 19.9. The topological polar surface area (TPSA) is 94.5 Å². The second-order valence-electron chi connectivity index (χ2n) is 6.89. The number of thiazole rings is 1. The van der Waals surface area contributed by atoms with Crippen LogP contribution >= 0.6 is 11.3 Å². The van der Waals surface area contributed by atoms with Crippen molar-refractivity contribution in [2.45, 2.75) is 64.9 Å². The normalized spacial score (nSPS) is 16.0. The quantitative estimate of drug-likeness (QED) is 0.535. The molecule has 0 saturated carbocycles. The number of hydrogen-bond donors (Lipinski definition) is 2. The van der Waals surface area contributed by atoms with E-state index in [1.165, 1.54) is 11.3 Å². The van der Waals surface area contributed by atoms with Crippen LogP contribution in [0.5, 0.6) is 0 Å². The molecule has 24 heavy (non-hydrogen) atoms. The van der Waals surface area contributed by atoms with Crippen molar-refractivity contribution in [1.29, 1.82) is 0 Å². The maximum atomic E-state index is 12.3. The van der Waals surface area contributed by atoms with Gasteiger partial charge in [-0.25, -0.2) is 9.78 Å². The van der Waals surface area contributed by atoms with Gasteiger partial charge in [-0.3, -0.25) is 0 Å². The summed E-state index contributed by atoms with van der Waals surface area (Å²) in [5.41, 5.74) is 0.211. The minimum absolute atomic E-state index is 0.130. The maximum Gasteiger partial charge on any atom is 0.357 e. The molecule has 1 aromatic rings. The van der Waals surface area contributed by atoms with Crippen LogP contribution in [0.4, 0.5) is 0 Å². The Bertz CT molecular complexity index is 528. The smallest absolute Gasteiger partial charge is 0.357 e. The van der Waals surface area contributed by atoms with Crippen molar-refractivity contribution in [1.82, 2.24) is 9.71 Å². The first-order valence-electron chi connectivity index (χ1n) is 8.04. The third kappa shape index (κ3) is 6.33. The predicted molar refractivity (Wildman–Crippen MR) is 97.3 cm³/mol. The lowest BCUT2D eigenvalue weighted by Crippen LogP contribution is -2.47. The first-order chi connectivity index (χ1) is 11.1. The van der Waals surface area contributed by atoms with Gasteiger partial charge in [0.2, 0.25) is 0 Å². The van der Waals surface area contributed by atoms with Crippen molar-refractivity contribution >= 4 is 28.7 Å². The fourth-order valence-corrected chi connectivity index (χ4v) is 3.63. The summed E-state index contributed by atoms with van der Waals surface area (Å²) >= 11 is 0.00655. The molecule has 0 spiro atoms. The number of nitrogens with zero attached hydrogens (tertiary/aromatic N) is 1. The molecule has 0 bridgehead atoms. The molecule has 0 aliphatic heterocycles. The molecule has 0 amide bonds. The van der Waals surface area contributed by atoms with Crippen molar-refractivity contribution in [3.05, 3.63) is 16.1 Å². The molecule has 0 saturated heterocycles. The van der Waals surface area contributed by atoms with E-state index in [1.807, 2.05) is 34.6 Å². The number of aliphatic hydroxyl groups excluding tert-OH is 1. The van der Waals surface area contributed by atoms with Crippen LogP contribution in [0.3, 0.4) is 0 Å². The van der Waals surface area contributed by atoms with E-state index in [0.29, 0.717) is 11.4 Å². The van der Waals surface area contributed by atoms with Gasteiger partial charge in [0.25, 0.3) is 0 Å². The van der Waals surface area contributed by atoms with Gasteiger partial charge in [0.1, 0.15) is 15.9 Å². The fraction of sp³-hybridized carbons (Fsp3) is 0.750. The van der Waals surface area contributed by atoms with Gasteiger partial charge in [0.05, 0.1) is 12.6 Å². The van der Waals surface area contributed by atoms with Crippen LogP contribution in [0.15, 0.2) is 5.38 Å². The van der Waals surface area contributed by atoms with E-state index in [9.17, 15) is 14.5 Å². The number of aliphatic hydroxyl groups is 1. The van der Waals surface area contributed by atoms with E-state index in [0.717, 1.165) is 0 Å². The number of aromatic nitrogens is 1. The van der Waals surface area contributed by atoms with Gasteiger partial charge in [0, 0.05) is 16.7 Å². The molecule has 1 heterocycles. The molecule has 2 N–H and O–H groups in total. The average Bonchev–Trinajstić information content (AvgIpc) is 2.95. The Morgan fingerprint density at radius 1 is 1.50 bits per heavy atom. The van der Waals surface area contributed by atoms with E-state index >= 15 is 0 Å². The largest absolute Gasteiger partial charge is 0.598 e. The number of nitrogens with one attached hydrogen (secondary N) is 1. The molecule has 0 unspecified atom stereocenters. The highest BCUT2D eigenvalue weighted by Crippen LogP contribution is 2.26. The van der Waals surface area contributed by atoms with Crippen molar-refractivity contribution in [2.75, 3.05) is 6.61 Å². The Morgan fingerprint density at radius 2 is 2.12 bits per heavy atom. The number of carbonyl (C=O) groups is 1. The SMILES string of the molecule is CCOC(=O)c1csc([C@H](O)C[C@@H](N[S@+]([O-])C(C)(C)C)C(C)C)n1. The second kappa shape index (κ2) is 9.15. The molecular formula is C16H28N2O4S2. The Morgan fingerprint density at radius 3 is 2.62 bits per heavy atom. The molecule has 6 nitrogen and oxygen atoms in total. The van der Waals surface area contributed by atoms with Gasteiger partial charge in [-0.1, -0.05) is 13.8 Å². The number of carbonyl (C=O) groups excluding carboxylic acids is 1. The molecule has 138 valence electrons. The lowest BCUT2D eigenvalue weighted by atomic mass is 9.99. The van der Waals surface area contributed by atoms with Crippen molar-refractivity contribution in [3.63, 3.8) is 0 Å². The van der Waals surface area contributed by atoms with E-state index < -0.39 is 23.4 Å². The summed E-state index contributed by atoms with van der Waals surface area (Å²) in [7, 11) is 0.